The van der Waals surface area contributed by atoms with Crippen molar-refractivity contribution in [2.75, 3.05) is 36.2 Å². The van der Waals surface area contributed by atoms with Crippen molar-refractivity contribution in [1.29, 1.82) is 0 Å². The van der Waals surface area contributed by atoms with E-state index in [1.54, 1.807) is 24.5 Å². The van der Waals surface area contributed by atoms with Crippen molar-refractivity contribution in [3.05, 3.63) is 132 Å². The first-order chi connectivity index (χ1) is 30.2. The van der Waals surface area contributed by atoms with Gasteiger partial charge in [0.25, 0.3) is 0 Å². The minimum atomic E-state index is 0.135. The number of nitrogens with two attached hydrogens (primary N) is 2. The highest BCUT2D eigenvalue weighted by Gasteiger charge is 2.30. The second kappa shape index (κ2) is 16.6. The molecule has 0 saturated heterocycles. The van der Waals surface area contributed by atoms with Crippen LogP contribution in [0.2, 0.25) is 0 Å². The maximum atomic E-state index is 6.13. The Morgan fingerprint density at radius 1 is 0.565 bits per heavy atom. The first-order valence-electron chi connectivity index (χ1n) is 19.4. The van der Waals surface area contributed by atoms with Gasteiger partial charge in [-0.1, -0.05) is 24.3 Å². The number of aromatic nitrogens is 10. The molecule has 0 bridgehead atoms. The van der Waals surface area contributed by atoms with Gasteiger partial charge in [-0.3, -0.25) is 0 Å². The van der Waals surface area contributed by atoms with Gasteiger partial charge >= 0.3 is 12.0 Å². The zero-order valence-corrected chi connectivity index (χ0v) is 34.0. The van der Waals surface area contributed by atoms with Crippen molar-refractivity contribution < 1.29 is 23.5 Å². The molecule has 6 aromatic heterocycles. The van der Waals surface area contributed by atoms with E-state index in [0.717, 1.165) is 56.1 Å². The van der Waals surface area contributed by atoms with Crippen LogP contribution in [-0.2, 0) is 19.9 Å². The van der Waals surface area contributed by atoms with Crippen molar-refractivity contribution in [2.45, 2.75) is 19.8 Å². The van der Waals surface area contributed by atoms with E-state index < -0.39 is 0 Å². The Hall–Kier alpha value is -8.54. The summed E-state index contributed by atoms with van der Waals surface area (Å²) >= 11 is 0. The summed E-state index contributed by atoms with van der Waals surface area (Å²) in [5.74, 6) is 3.97. The Balaban J connectivity index is 0.000000158. The van der Waals surface area contributed by atoms with Crippen LogP contribution >= 0.6 is 0 Å². The molecule has 0 spiro atoms. The molecule has 308 valence electrons. The molecule has 0 radical (unpaired) electrons. The number of nitrogens with one attached hydrogen (secondary N) is 2. The van der Waals surface area contributed by atoms with E-state index in [0.29, 0.717) is 59.2 Å². The zero-order valence-electron chi connectivity index (χ0n) is 34.0. The average molecular weight is 828 g/mol. The standard InChI is InChI=1S/C23H21N6O2.C21H18N8O2/c1-14-25-11-16(12-26-14)30-22-21-17-7-4-8-19(24-2)18(17)10-20(21)27-23(28-22)31-15-6-5-9-29(3)13-15;1-24-15-4-2-3-13-14(15)7-16-18(13)19(30-12-9-26-20(23)27-10-12)29-21(28-16)31-11-5-6-17(22)25-8-11/h4-9,11-13,24H,10H2,1-3H3;2-6,8-10,24H,7H2,1H3,(H2,22,25)(H2,23,26,27)/q+1;. The molecule has 0 saturated carbocycles. The van der Waals surface area contributed by atoms with Gasteiger partial charge in [0.15, 0.2) is 23.4 Å². The summed E-state index contributed by atoms with van der Waals surface area (Å²) in [5.41, 5.74) is 20.9. The topological polar surface area (TPSA) is 233 Å². The summed E-state index contributed by atoms with van der Waals surface area (Å²) < 4.78 is 25.9. The third-order valence-corrected chi connectivity index (χ3v) is 9.90. The van der Waals surface area contributed by atoms with E-state index in [4.69, 9.17) is 35.4 Å². The van der Waals surface area contributed by atoms with Crippen LogP contribution in [0.1, 0.15) is 28.3 Å². The molecule has 0 aliphatic heterocycles. The van der Waals surface area contributed by atoms with Gasteiger partial charge in [-0.2, -0.15) is 19.9 Å². The largest absolute Gasteiger partial charge is 0.435 e. The summed E-state index contributed by atoms with van der Waals surface area (Å²) in [6.45, 7) is 1.83. The Kier molecular flexibility index (Phi) is 10.4. The SMILES string of the molecule is CNc1cccc2c1Cc1nc(Oc3ccc(N)nc3)nc(Oc3cnc(N)nc3)c1-2.CNc1cccc2c1Cc1nc(Oc3ccc[n+](C)c3)nc(Oc3cnc(C)nc3)c1-2. The number of ether oxygens (including phenoxy) is 4. The summed E-state index contributed by atoms with van der Waals surface area (Å²) in [5, 5.41) is 6.48. The second-order valence-electron chi connectivity index (χ2n) is 14.1. The van der Waals surface area contributed by atoms with E-state index in [9.17, 15) is 0 Å². The number of nitrogens with zero attached hydrogens (tertiary/aromatic N) is 10. The molecule has 0 fully saturated rings. The third kappa shape index (κ3) is 8.07. The molecule has 8 aromatic rings. The van der Waals surface area contributed by atoms with Crippen LogP contribution in [0.4, 0.5) is 23.1 Å². The molecule has 0 amide bonds. The van der Waals surface area contributed by atoms with Crippen LogP contribution in [0, 0.1) is 6.92 Å². The van der Waals surface area contributed by atoms with Gasteiger partial charge in [-0.05, 0) is 59.5 Å². The lowest BCUT2D eigenvalue weighted by Crippen LogP contribution is -2.25. The Bertz CT molecular complexity index is 2930. The highest BCUT2D eigenvalue weighted by molar-refractivity contribution is 5.85. The average Bonchev–Trinajstić information content (AvgIpc) is 3.85. The van der Waals surface area contributed by atoms with Gasteiger partial charge in [-0.25, -0.2) is 29.5 Å². The van der Waals surface area contributed by atoms with E-state index in [1.807, 2.05) is 87.5 Å². The van der Waals surface area contributed by atoms with Crippen LogP contribution in [0.3, 0.4) is 0 Å². The number of hydrogen-bond acceptors (Lipinski definition) is 17. The fourth-order valence-electron chi connectivity index (χ4n) is 7.11. The Labute approximate surface area is 355 Å². The molecule has 2 aliphatic carbocycles. The monoisotopic (exact) mass is 827 g/mol. The molecular weight excluding hydrogens is 789 g/mol. The zero-order chi connectivity index (χ0) is 42.7. The van der Waals surface area contributed by atoms with Gasteiger partial charge in [0.05, 0.1) is 53.5 Å². The lowest BCUT2D eigenvalue weighted by Gasteiger charge is -2.12. The van der Waals surface area contributed by atoms with Crippen molar-refractivity contribution in [1.82, 2.24) is 44.9 Å². The molecule has 62 heavy (non-hydrogen) atoms. The first-order valence-corrected chi connectivity index (χ1v) is 19.4. The number of hydrogen-bond donors (Lipinski definition) is 4. The Morgan fingerprint density at radius 2 is 1.10 bits per heavy atom. The predicted molar refractivity (Wildman–Crippen MR) is 229 cm³/mol. The van der Waals surface area contributed by atoms with Gasteiger partial charge in [-0.15, -0.1) is 0 Å². The number of rotatable bonds is 10. The lowest BCUT2D eigenvalue weighted by molar-refractivity contribution is -0.671. The fourth-order valence-corrected chi connectivity index (χ4v) is 7.11. The van der Waals surface area contributed by atoms with Gasteiger partial charge in [0.2, 0.25) is 23.9 Å². The van der Waals surface area contributed by atoms with Crippen LogP contribution < -0.4 is 45.6 Å². The van der Waals surface area contributed by atoms with Crippen LogP contribution in [-0.4, -0.2) is 59.0 Å². The van der Waals surface area contributed by atoms with Crippen molar-refractivity contribution >= 4 is 23.1 Å². The van der Waals surface area contributed by atoms with E-state index in [2.05, 4.69) is 56.6 Å². The highest BCUT2D eigenvalue weighted by atomic mass is 16.5. The molecule has 18 nitrogen and oxygen atoms in total. The number of aryl methyl sites for hydroxylation is 2. The van der Waals surface area contributed by atoms with Crippen LogP contribution in [0.25, 0.3) is 22.3 Å². The molecule has 2 aliphatic rings. The molecule has 6 N–H and O–H groups in total. The molecular formula is C44H39N14O4+. The summed E-state index contributed by atoms with van der Waals surface area (Å²) in [6.07, 6.45) is 12.8. The number of anilines is 4. The van der Waals surface area contributed by atoms with Crippen molar-refractivity contribution in [2.24, 2.45) is 7.05 Å². The molecule has 0 atom stereocenters. The van der Waals surface area contributed by atoms with Crippen molar-refractivity contribution in [3.63, 3.8) is 0 Å². The summed E-state index contributed by atoms with van der Waals surface area (Å²) in [4.78, 5) is 38.9. The highest BCUT2D eigenvalue weighted by Crippen LogP contribution is 2.47. The van der Waals surface area contributed by atoms with E-state index in [1.165, 1.54) is 18.6 Å². The fraction of sp³-hybridized carbons (Fsp3) is 0.136. The molecule has 18 heteroatoms. The molecule has 0 unspecified atom stereocenters. The summed E-state index contributed by atoms with van der Waals surface area (Å²) in [7, 11) is 5.73. The van der Waals surface area contributed by atoms with Crippen LogP contribution in [0.15, 0.2) is 104 Å². The molecule has 2 aromatic carbocycles. The van der Waals surface area contributed by atoms with Crippen molar-refractivity contribution in [3.8, 4) is 69.0 Å². The maximum absolute atomic E-state index is 6.13. The Morgan fingerprint density at radius 3 is 1.61 bits per heavy atom. The maximum Gasteiger partial charge on any atom is 0.325 e. The molecule has 6 heterocycles. The first kappa shape index (κ1) is 38.9. The van der Waals surface area contributed by atoms with Gasteiger partial charge in [0.1, 0.15) is 24.4 Å². The van der Waals surface area contributed by atoms with E-state index >= 15 is 0 Å². The minimum Gasteiger partial charge on any atom is -0.435 e. The normalized spacial score (nSPS) is 11.5. The minimum absolute atomic E-state index is 0.135. The predicted octanol–water partition coefficient (Wildman–Crippen LogP) is 6.62. The quantitative estimate of drug-likeness (QED) is 0.106. The smallest absolute Gasteiger partial charge is 0.325 e. The lowest BCUT2D eigenvalue weighted by atomic mass is 10.1. The summed E-state index contributed by atoms with van der Waals surface area (Å²) in [6, 6.07) is 19.6. The number of fused-ring (bicyclic) bond motifs is 6. The number of pyridine rings is 2. The second-order valence-corrected chi connectivity index (χ2v) is 14.1. The third-order valence-electron chi connectivity index (χ3n) is 9.90. The van der Waals surface area contributed by atoms with E-state index in [-0.39, 0.29) is 18.0 Å². The van der Waals surface area contributed by atoms with Gasteiger partial charge in [0, 0.05) is 44.4 Å². The molecule has 10 rings (SSSR count). The van der Waals surface area contributed by atoms with Crippen LogP contribution in [0.5, 0.6) is 46.8 Å². The number of nitrogen functional groups attached to an aromatic ring is 2. The number of benzene rings is 2. The van der Waals surface area contributed by atoms with Gasteiger partial charge < -0.3 is 41.0 Å².